The van der Waals surface area contributed by atoms with Crippen LogP contribution < -0.4 is 26.4 Å². The number of Topliss-reactive ketones (excluding diaryl/α,β-unsaturated/α-hetero) is 1. The van der Waals surface area contributed by atoms with Gasteiger partial charge in [0, 0.05) is 26.2 Å². The lowest BCUT2D eigenvalue weighted by Gasteiger charge is -2.28. The minimum absolute atomic E-state index is 0.0111. The molecule has 0 aliphatic heterocycles. The van der Waals surface area contributed by atoms with Crippen molar-refractivity contribution in [2.75, 3.05) is 43.4 Å². The summed E-state index contributed by atoms with van der Waals surface area (Å²) in [6.07, 6.45) is 11.3. The van der Waals surface area contributed by atoms with Crippen molar-refractivity contribution in [2.45, 2.75) is 127 Å². The Morgan fingerprint density at radius 3 is 2.17 bits per heavy atom. The van der Waals surface area contributed by atoms with Gasteiger partial charge in [-0.15, -0.1) is 0 Å². The van der Waals surface area contributed by atoms with E-state index in [1.54, 1.807) is 6.07 Å². The van der Waals surface area contributed by atoms with E-state index in [2.05, 4.69) is 70.2 Å². The molecule has 0 saturated carbocycles. The molecule has 0 spiro atoms. The van der Waals surface area contributed by atoms with Gasteiger partial charge < -0.3 is 26.4 Å². The number of hydrogen-bond donors (Lipinski definition) is 3. The molecular weight excluding hydrogens is 584 g/mol. The second kappa shape index (κ2) is 25.9. The van der Waals surface area contributed by atoms with Crippen LogP contribution in [0.3, 0.4) is 0 Å². The zero-order chi connectivity index (χ0) is 35.8. The summed E-state index contributed by atoms with van der Waals surface area (Å²) in [7, 11) is 0. The zero-order valence-electron chi connectivity index (χ0n) is 31.8. The molecule has 2 rings (SSSR count). The highest BCUT2D eigenvalue weighted by molar-refractivity contribution is 5.96. The molecule has 0 aliphatic rings. The molecular formula is C39H70N6O2. The van der Waals surface area contributed by atoms with Crippen LogP contribution in [0.5, 0.6) is 5.75 Å². The molecule has 0 aliphatic carbocycles. The predicted octanol–water partition coefficient (Wildman–Crippen LogP) is 9.14. The molecule has 5 N–H and O–H groups in total. The van der Waals surface area contributed by atoms with Gasteiger partial charge in [-0.1, -0.05) is 106 Å². The number of unbranched alkanes of at least 4 members (excludes halogenated alkanes) is 2. The maximum atomic E-state index is 11.2. The van der Waals surface area contributed by atoms with Crippen molar-refractivity contribution in [3.8, 4) is 5.75 Å². The standard InChI is InChI=1S/C20H37N5.C11H15NO2.C8H18/c1-7-10-11-12-22-16(5)18-19(21)24-20(17(6)23-18)25(13-8-2)14-15(4)9-3;1-8-3-4-10(9(2)13)11(7-8)14-6-5-12;1-4-6-8(3)7-5-2/h15,22H,5,7-14H2,1-4,6H3,(H2,21,24);3-4,7H,5-6,12H2,1-2H3;8H,4-7H2,1-3H3. The van der Waals surface area contributed by atoms with Crippen molar-refractivity contribution in [2.24, 2.45) is 17.6 Å². The summed E-state index contributed by atoms with van der Waals surface area (Å²) in [5.41, 5.74) is 15.6. The number of nitrogen functional groups attached to an aromatic ring is 1. The molecule has 8 heteroatoms. The molecule has 0 fully saturated rings. The molecule has 0 radical (unpaired) electrons. The van der Waals surface area contributed by atoms with E-state index in [0.717, 1.165) is 67.6 Å². The maximum absolute atomic E-state index is 11.2. The van der Waals surface area contributed by atoms with Crippen LogP contribution in [-0.4, -0.2) is 48.5 Å². The van der Waals surface area contributed by atoms with E-state index in [9.17, 15) is 4.79 Å². The average molecular weight is 655 g/mol. The summed E-state index contributed by atoms with van der Waals surface area (Å²) in [5.74, 6) is 3.58. The second-order valence-electron chi connectivity index (χ2n) is 12.8. The van der Waals surface area contributed by atoms with Crippen LogP contribution in [-0.2, 0) is 0 Å². The fraction of sp³-hybridized carbons (Fsp3) is 0.667. The summed E-state index contributed by atoms with van der Waals surface area (Å²) in [5, 5.41) is 3.33. The first-order valence-electron chi connectivity index (χ1n) is 18.2. The SMILES string of the molecule is C=C(NCCCCC)c1nc(C)c(N(CCC)CC(C)CC)nc1N.CC(=O)c1ccc(C)cc1OCCN.CCCC(C)CCC. The molecule has 0 bridgehead atoms. The predicted molar refractivity (Wildman–Crippen MR) is 204 cm³/mol. The van der Waals surface area contributed by atoms with E-state index in [-0.39, 0.29) is 5.78 Å². The molecule has 1 atom stereocenters. The molecule has 47 heavy (non-hydrogen) atoms. The van der Waals surface area contributed by atoms with Crippen LogP contribution in [0, 0.1) is 25.7 Å². The minimum Gasteiger partial charge on any atom is -0.492 e. The minimum atomic E-state index is 0.0111. The van der Waals surface area contributed by atoms with Crippen molar-refractivity contribution in [1.29, 1.82) is 0 Å². The molecule has 8 nitrogen and oxygen atoms in total. The fourth-order valence-corrected chi connectivity index (χ4v) is 5.14. The molecule has 1 aromatic carbocycles. The number of benzene rings is 1. The smallest absolute Gasteiger partial charge is 0.163 e. The quantitative estimate of drug-likeness (QED) is 0.0955. The van der Waals surface area contributed by atoms with Gasteiger partial charge in [0.25, 0.3) is 0 Å². The number of rotatable bonds is 20. The maximum Gasteiger partial charge on any atom is 0.163 e. The summed E-state index contributed by atoms with van der Waals surface area (Å²) >= 11 is 0. The van der Waals surface area contributed by atoms with Gasteiger partial charge >= 0.3 is 0 Å². The number of aryl methyl sites for hydroxylation is 2. The van der Waals surface area contributed by atoms with Gasteiger partial charge in [0.15, 0.2) is 17.4 Å². The van der Waals surface area contributed by atoms with E-state index in [1.807, 2.05) is 26.0 Å². The van der Waals surface area contributed by atoms with E-state index < -0.39 is 0 Å². The number of ether oxygens (including phenoxy) is 1. The Hall–Kier alpha value is -3.13. The third kappa shape index (κ3) is 18.1. The number of aromatic nitrogens is 2. The Balaban J connectivity index is 0.000000800. The van der Waals surface area contributed by atoms with Gasteiger partial charge in [-0.2, -0.15) is 0 Å². The largest absolute Gasteiger partial charge is 0.492 e. The number of nitrogens with one attached hydrogen (secondary N) is 1. The average Bonchev–Trinajstić information content (AvgIpc) is 3.03. The lowest BCUT2D eigenvalue weighted by Crippen LogP contribution is -2.31. The monoisotopic (exact) mass is 655 g/mol. The first-order valence-corrected chi connectivity index (χ1v) is 18.2. The summed E-state index contributed by atoms with van der Waals surface area (Å²) < 4.78 is 5.38. The van der Waals surface area contributed by atoms with Gasteiger partial charge in [0.2, 0.25) is 0 Å². The number of carbonyl (C=O) groups excluding carboxylic acids is 1. The Kier molecular flexibility index (Phi) is 24.2. The van der Waals surface area contributed by atoms with Crippen LogP contribution in [0.4, 0.5) is 11.6 Å². The normalized spacial score (nSPS) is 11.1. The number of hydrogen-bond acceptors (Lipinski definition) is 8. The van der Waals surface area contributed by atoms with Gasteiger partial charge in [0.1, 0.15) is 18.1 Å². The molecule has 268 valence electrons. The first-order chi connectivity index (χ1) is 22.4. The van der Waals surface area contributed by atoms with Crippen molar-refractivity contribution >= 4 is 23.1 Å². The lowest BCUT2D eigenvalue weighted by atomic mass is 10.0. The van der Waals surface area contributed by atoms with Gasteiger partial charge in [0.05, 0.1) is 17.0 Å². The first kappa shape index (κ1) is 43.9. The van der Waals surface area contributed by atoms with Crippen LogP contribution in [0.2, 0.25) is 0 Å². The highest BCUT2D eigenvalue weighted by Gasteiger charge is 2.18. The van der Waals surface area contributed by atoms with Crippen molar-refractivity contribution in [1.82, 2.24) is 15.3 Å². The van der Waals surface area contributed by atoms with E-state index >= 15 is 0 Å². The molecule has 0 amide bonds. The number of ketones is 1. The topological polar surface area (TPSA) is 119 Å². The third-order valence-electron chi connectivity index (χ3n) is 7.95. The van der Waals surface area contributed by atoms with E-state index in [4.69, 9.17) is 21.2 Å². The Morgan fingerprint density at radius 1 is 0.979 bits per heavy atom. The molecule has 1 aromatic heterocycles. The van der Waals surface area contributed by atoms with Crippen LogP contribution in [0.25, 0.3) is 5.70 Å². The molecule has 0 saturated heterocycles. The Labute approximate surface area is 288 Å². The van der Waals surface area contributed by atoms with E-state index in [1.165, 1.54) is 45.4 Å². The van der Waals surface area contributed by atoms with Gasteiger partial charge in [-0.05, 0) is 63.1 Å². The number of carbonyl (C=O) groups is 1. The molecule has 1 heterocycles. The zero-order valence-corrected chi connectivity index (χ0v) is 31.8. The van der Waals surface area contributed by atoms with Gasteiger partial charge in [-0.3, -0.25) is 4.79 Å². The lowest BCUT2D eigenvalue weighted by molar-refractivity contribution is 0.101. The van der Waals surface area contributed by atoms with Crippen molar-refractivity contribution in [3.63, 3.8) is 0 Å². The number of anilines is 2. The fourth-order valence-electron chi connectivity index (χ4n) is 5.14. The van der Waals surface area contributed by atoms with E-state index in [0.29, 0.717) is 41.9 Å². The van der Waals surface area contributed by atoms with Crippen molar-refractivity contribution in [3.05, 3.63) is 47.3 Å². The molecule has 2 aromatic rings. The van der Waals surface area contributed by atoms with Crippen LogP contribution in [0.1, 0.15) is 140 Å². The highest BCUT2D eigenvalue weighted by Crippen LogP contribution is 2.24. The van der Waals surface area contributed by atoms with Crippen LogP contribution in [0.15, 0.2) is 24.8 Å². The summed E-state index contributed by atoms with van der Waals surface area (Å²) in [4.78, 5) is 22.9. The number of nitrogens with zero attached hydrogens (tertiary/aromatic N) is 3. The van der Waals surface area contributed by atoms with Crippen molar-refractivity contribution < 1.29 is 9.53 Å². The number of nitrogens with two attached hydrogens (primary N) is 2. The Morgan fingerprint density at radius 2 is 1.64 bits per heavy atom. The third-order valence-corrected chi connectivity index (χ3v) is 7.95. The Bertz CT molecular complexity index is 1150. The highest BCUT2D eigenvalue weighted by atomic mass is 16.5. The summed E-state index contributed by atoms with van der Waals surface area (Å²) in [6.45, 7) is 29.0. The second-order valence-corrected chi connectivity index (χ2v) is 12.8. The van der Waals surface area contributed by atoms with Gasteiger partial charge in [-0.25, -0.2) is 9.97 Å². The summed E-state index contributed by atoms with van der Waals surface area (Å²) in [6, 6.07) is 5.53. The molecule has 1 unspecified atom stereocenters. The van der Waals surface area contributed by atoms with Crippen LogP contribution >= 0.6 is 0 Å².